The first-order valence-electron chi connectivity index (χ1n) is 9.74. The summed E-state index contributed by atoms with van der Waals surface area (Å²) >= 11 is 0. The van der Waals surface area contributed by atoms with Crippen molar-refractivity contribution >= 4 is 5.78 Å². The molecular weight excluding hydrogens is 284 g/mol. The van der Waals surface area contributed by atoms with Crippen LogP contribution in [0.25, 0.3) is 0 Å². The van der Waals surface area contributed by atoms with Crippen LogP contribution in [0.3, 0.4) is 0 Å². The minimum Gasteiger partial charge on any atom is -0.393 e. The highest BCUT2D eigenvalue weighted by atomic mass is 16.3. The minimum atomic E-state index is -0.117. The van der Waals surface area contributed by atoms with Crippen molar-refractivity contribution in [2.24, 2.45) is 34.5 Å². The van der Waals surface area contributed by atoms with Gasteiger partial charge in [0.1, 0.15) is 5.78 Å². The molecule has 128 valence electrons. The number of carbonyl (C=O) groups is 1. The van der Waals surface area contributed by atoms with Crippen LogP contribution in [-0.2, 0) is 4.79 Å². The number of allylic oxidation sites excluding steroid dienone is 1. The predicted octanol–water partition coefficient (Wildman–Crippen LogP) is 4.52. The molecule has 0 radical (unpaired) electrons. The van der Waals surface area contributed by atoms with E-state index in [0.717, 1.165) is 43.4 Å². The monoisotopic (exact) mass is 316 g/mol. The molecular formula is C21H32O2. The lowest BCUT2D eigenvalue weighted by Crippen LogP contribution is -2.50. The first-order valence-corrected chi connectivity index (χ1v) is 9.74. The Bertz CT molecular complexity index is 550. The SMILES string of the molecule is CC(=O)[C@H]1CCC2C3CC=C4C[C@@H](O)CC[C@]4(C)C3CC[C@@]21C. The maximum atomic E-state index is 12.2. The average molecular weight is 316 g/mol. The van der Waals surface area contributed by atoms with Crippen LogP contribution in [0.5, 0.6) is 0 Å². The second-order valence-electron chi connectivity index (χ2n) is 9.44. The summed E-state index contributed by atoms with van der Waals surface area (Å²) < 4.78 is 0. The highest BCUT2D eigenvalue weighted by molar-refractivity contribution is 5.79. The average Bonchev–Trinajstić information content (AvgIpc) is 2.85. The molecule has 4 aliphatic carbocycles. The fraction of sp³-hybridized carbons (Fsp3) is 0.857. The Kier molecular flexibility index (Phi) is 3.58. The van der Waals surface area contributed by atoms with Crippen LogP contribution in [0.15, 0.2) is 11.6 Å². The van der Waals surface area contributed by atoms with Crippen molar-refractivity contribution in [3.05, 3.63) is 11.6 Å². The fourth-order valence-corrected chi connectivity index (χ4v) is 7.31. The number of hydrogen-bond donors (Lipinski definition) is 1. The van der Waals surface area contributed by atoms with Gasteiger partial charge in [-0.1, -0.05) is 25.5 Å². The molecule has 3 unspecified atom stereocenters. The first-order chi connectivity index (χ1) is 10.9. The van der Waals surface area contributed by atoms with Crippen LogP contribution < -0.4 is 0 Å². The molecule has 3 fully saturated rings. The number of ketones is 1. The Morgan fingerprint density at radius 2 is 1.91 bits per heavy atom. The van der Waals surface area contributed by atoms with E-state index in [2.05, 4.69) is 19.9 Å². The van der Waals surface area contributed by atoms with Gasteiger partial charge in [0, 0.05) is 5.92 Å². The Labute approximate surface area is 140 Å². The van der Waals surface area contributed by atoms with Crippen LogP contribution in [0.4, 0.5) is 0 Å². The number of fused-ring (bicyclic) bond motifs is 5. The molecule has 7 atom stereocenters. The van der Waals surface area contributed by atoms with E-state index < -0.39 is 0 Å². The van der Waals surface area contributed by atoms with E-state index in [-0.39, 0.29) is 11.5 Å². The van der Waals surface area contributed by atoms with Crippen LogP contribution >= 0.6 is 0 Å². The molecule has 0 aliphatic heterocycles. The molecule has 3 saturated carbocycles. The molecule has 0 bridgehead atoms. The molecule has 0 aromatic heterocycles. The topological polar surface area (TPSA) is 37.3 Å². The van der Waals surface area contributed by atoms with E-state index in [1.165, 1.54) is 25.7 Å². The summed E-state index contributed by atoms with van der Waals surface area (Å²) in [5, 5.41) is 10.1. The standard InChI is InChI=1S/C21H32O2/c1-13(22)17-6-7-18-16-5-4-14-12-15(23)8-10-20(14,2)19(16)9-11-21(17,18)3/h4,15-19,23H,5-12H2,1-3H3/t15-,16?,17+,18?,19?,20-,21+/m0/s1. The molecule has 4 rings (SSSR count). The lowest BCUT2D eigenvalue weighted by atomic mass is 9.47. The van der Waals surface area contributed by atoms with Gasteiger partial charge < -0.3 is 5.11 Å². The Hall–Kier alpha value is -0.630. The predicted molar refractivity (Wildman–Crippen MR) is 91.9 cm³/mol. The van der Waals surface area contributed by atoms with Gasteiger partial charge in [-0.25, -0.2) is 0 Å². The molecule has 1 N–H and O–H groups in total. The largest absolute Gasteiger partial charge is 0.393 e. The van der Waals surface area contributed by atoms with Crippen molar-refractivity contribution in [2.45, 2.75) is 78.2 Å². The van der Waals surface area contributed by atoms with Crippen LogP contribution in [-0.4, -0.2) is 17.0 Å². The van der Waals surface area contributed by atoms with Gasteiger partial charge in [-0.3, -0.25) is 4.79 Å². The molecule has 23 heavy (non-hydrogen) atoms. The van der Waals surface area contributed by atoms with E-state index in [0.29, 0.717) is 17.1 Å². The Balaban J connectivity index is 1.66. The van der Waals surface area contributed by atoms with E-state index in [1.54, 1.807) is 5.57 Å². The molecule has 0 aromatic rings. The van der Waals surface area contributed by atoms with Gasteiger partial charge in [-0.15, -0.1) is 0 Å². The summed E-state index contributed by atoms with van der Waals surface area (Å²) in [6.07, 6.45) is 11.5. The number of aliphatic hydroxyl groups excluding tert-OH is 1. The van der Waals surface area contributed by atoms with E-state index >= 15 is 0 Å². The van der Waals surface area contributed by atoms with Crippen molar-refractivity contribution in [1.29, 1.82) is 0 Å². The van der Waals surface area contributed by atoms with Crippen molar-refractivity contribution in [3.8, 4) is 0 Å². The summed E-state index contributed by atoms with van der Waals surface area (Å²) in [5.74, 6) is 3.00. The summed E-state index contributed by atoms with van der Waals surface area (Å²) in [6.45, 7) is 6.70. The zero-order valence-electron chi connectivity index (χ0n) is 15.0. The number of Topliss-reactive ketones (excluding diaryl/α,β-unsaturated/α-hetero) is 1. The molecule has 0 saturated heterocycles. The highest BCUT2D eigenvalue weighted by Gasteiger charge is 2.59. The molecule has 0 heterocycles. The molecule has 2 heteroatoms. The van der Waals surface area contributed by atoms with Gasteiger partial charge in [0.2, 0.25) is 0 Å². The van der Waals surface area contributed by atoms with Crippen molar-refractivity contribution in [1.82, 2.24) is 0 Å². The van der Waals surface area contributed by atoms with Gasteiger partial charge in [0.15, 0.2) is 0 Å². The number of carbonyl (C=O) groups excluding carboxylic acids is 1. The molecule has 4 aliphatic rings. The van der Waals surface area contributed by atoms with Crippen molar-refractivity contribution in [2.75, 3.05) is 0 Å². The second kappa shape index (κ2) is 5.18. The summed E-state index contributed by atoms with van der Waals surface area (Å²) in [6, 6.07) is 0. The van der Waals surface area contributed by atoms with Crippen molar-refractivity contribution < 1.29 is 9.90 Å². The number of aliphatic hydroxyl groups is 1. The smallest absolute Gasteiger partial charge is 0.133 e. The van der Waals surface area contributed by atoms with Gasteiger partial charge in [0.05, 0.1) is 6.10 Å². The maximum Gasteiger partial charge on any atom is 0.133 e. The zero-order chi connectivity index (χ0) is 16.4. The lowest BCUT2D eigenvalue weighted by molar-refractivity contribution is -0.127. The summed E-state index contributed by atoms with van der Waals surface area (Å²) in [7, 11) is 0. The fourth-order valence-electron chi connectivity index (χ4n) is 7.31. The molecule has 0 aromatic carbocycles. The Morgan fingerprint density at radius 1 is 1.13 bits per heavy atom. The second-order valence-corrected chi connectivity index (χ2v) is 9.44. The van der Waals surface area contributed by atoms with E-state index in [1.807, 2.05) is 6.92 Å². The summed E-state index contributed by atoms with van der Waals surface area (Å²) in [5.41, 5.74) is 2.11. The zero-order valence-corrected chi connectivity index (χ0v) is 15.0. The van der Waals surface area contributed by atoms with Gasteiger partial charge in [-0.2, -0.15) is 0 Å². The number of rotatable bonds is 1. The minimum absolute atomic E-state index is 0.117. The Morgan fingerprint density at radius 3 is 2.65 bits per heavy atom. The van der Waals surface area contributed by atoms with Crippen LogP contribution in [0.2, 0.25) is 0 Å². The molecule has 0 spiro atoms. The van der Waals surface area contributed by atoms with E-state index in [4.69, 9.17) is 0 Å². The highest BCUT2D eigenvalue weighted by Crippen LogP contribution is 2.66. The molecule has 0 amide bonds. The third-order valence-corrected chi connectivity index (χ3v) is 8.57. The molecule has 2 nitrogen and oxygen atoms in total. The summed E-state index contributed by atoms with van der Waals surface area (Å²) in [4.78, 5) is 12.2. The first kappa shape index (κ1) is 15.9. The van der Waals surface area contributed by atoms with Crippen LogP contribution in [0.1, 0.15) is 72.1 Å². The third kappa shape index (κ3) is 2.13. The van der Waals surface area contributed by atoms with Gasteiger partial charge in [-0.05, 0) is 86.9 Å². The van der Waals surface area contributed by atoms with Gasteiger partial charge in [0.25, 0.3) is 0 Å². The lowest BCUT2D eigenvalue weighted by Gasteiger charge is -2.57. The van der Waals surface area contributed by atoms with E-state index in [9.17, 15) is 9.90 Å². The third-order valence-electron chi connectivity index (χ3n) is 8.57. The normalized spacial score (nSPS) is 52.2. The van der Waals surface area contributed by atoms with Crippen molar-refractivity contribution in [3.63, 3.8) is 0 Å². The quantitative estimate of drug-likeness (QED) is 0.722. The van der Waals surface area contributed by atoms with Crippen LogP contribution in [0, 0.1) is 34.5 Å². The number of hydrogen-bond acceptors (Lipinski definition) is 2. The maximum absolute atomic E-state index is 12.2. The van der Waals surface area contributed by atoms with Gasteiger partial charge >= 0.3 is 0 Å².